The van der Waals surface area contributed by atoms with Crippen molar-refractivity contribution in [1.82, 2.24) is 15.1 Å². The fourth-order valence-corrected chi connectivity index (χ4v) is 5.32. The van der Waals surface area contributed by atoms with Crippen molar-refractivity contribution in [3.63, 3.8) is 0 Å². The van der Waals surface area contributed by atoms with E-state index in [-0.39, 0.29) is 11.9 Å². The summed E-state index contributed by atoms with van der Waals surface area (Å²) >= 11 is 2.86. The summed E-state index contributed by atoms with van der Waals surface area (Å²) in [5, 5.41) is 12.3. The van der Waals surface area contributed by atoms with Crippen LogP contribution in [0.4, 0.5) is 10.8 Å². The van der Waals surface area contributed by atoms with Crippen LogP contribution in [0.2, 0.25) is 0 Å². The fourth-order valence-electron chi connectivity index (χ4n) is 3.66. The summed E-state index contributed by atoms with van der Waals surface area (Å²) < 4.78 is 11.7. The maximum atomic E-state index is 13.0. The molecule has 0 aliphatic carbocycles. The number of aromatic nitrogens is 2. The zero-order valence-corrected chi connectivity index (χ0v) is 19.0. The predicted octanol–water partition coefficient (Wildman–Crippen LogP) is 4.75. The molecule has 1 aliphatic heterocycles. The van der Waals surface area contributed by atoms with Gasteiger partial charge in [-0.1, -0.05) is 41.3 Å². The van der Waals surface area contributed by atoms with Gasteiger partial charge in [-0.15, -0.1) is 10.2 Å². The number of nitrogens with one attached hydrogen (secondary N) is 1. The molecule has 9 heteroatoms. The highest BCUT2D eigenvalue weighted by Crippen LogP contribution is 2.39. The van der Waals surface area contributed by atoms with Crippen LogP contribution in [0.3, 0.4) is 0 Å². The van der Waals surface area contributed by atoms with Gasteiger partial charge in [0.2, 0.25) is 11.0 Å². The van der Waals surface area contributed by atoms with Crippen LogP contribution in [-0.2, 0) is 4.79 Å². The summed E-state index contributed by atoms with van der Waals surface area (Å²) in [6.45, 7) is 0.737. The molecule has 0 spiro atoms. The third kappa shape index (κ3) is 5.11. The van der Waals surface area contributed by atoms with Gasteiger partial charge in [-0.3, -0.25) is 4.79 Å². The Morgan fingerprint density at radius 1 is 1.19 bits per heavy atom. The number of hydrogen-bond donors (Lipinski definition) is 1. The number of likely N-dealkylation sites (tertiary alicyclic amines) is 1. The molecule has 1 saturated heterocycles. The first-order valence-corrected chi connectivity index (χ1v) is 11.8. The van der Waals surface area contributed by atoms with Crippen LogP contribution in [0.5, 0.6) is 11.5 Å². The second-order valence-corrected chi connectivity index (χ2v) is 9.21. The molecule has 1 aromatic heterocycles. The van der Waals surface area contributed by atoms with Gasteiger partial charge in [0.25, 0.3) is 0 Å². The SMILES string of the molecule is COc1ccc(OC)c(C2CCCN2C(=O)CSc2nnc(Nc3ccccc3)s2)c1. The van der Waals surface area contributed by atoms with E-state index in [0.717, 1.165) is 46.5 Å². The standard InChI is InChI=1S/C22H24N4O3S2/c1-28-16-10-11-19(29-2)17(13-16)18-9-6-12-26(18)20(27)14-30-22-25-24-21(31-22)23-15-7-4-3-5-8-15/h3-5,7-8,10-11,13,18H,6,9,12,14H2,1-2H3,(H,23,24). The number of amides is 1. The van der Waals surface area contributed by atoms with Crippen LogP contribution in [0.15, 0.2) is 52.9 Å². The Labute approximate surface area is 189 Å². The van der Waals surface area contributed by atoms with Gasteiger partial charge in [-0.05, 0) is 43.2 Å². The number of ether oxygens (including phenoxy) is 2. The van der Waals surface area contributed by atoms with Gasteiger partial charge in [-0.25, -0.2) is 0 Å². The van der Waals surface area contributed by atoms with E-state index in [0.29, 0.717) is 10.9 Å². The molecule has 1 unspecified atom stereocenters. The fraction of sp³-hybridized carbons (Fsp3) is 0.318. The molecular formula is C22H24N4O3S2. The number of benzene rings is 2. The first kappa shape index (κ1) is 21.5. The van der Waals surface area contributed by atoms with Crippen molar-refractivity contribution in [3.8, 4) is 11.5 Å². The van der Waals surface area contributed by atoms with Crippen LogP contribution in [-0.4, -0.2) is 47.5 Å². The van der Waals surface area contributed by atoms with E-state index in [9.17, 15) is 4.79 Å². The lowest BCUT2D eigenvalue weighted by atomic mass is 10.0. The molecule has 1 atom stereocenters. The molecule has 1 amide bonds. The van der Waals surface area contributed by atoms with Crippen molar-refractivity contribution in [2.24, 2.45) is 0 Å². The van der Waals surface area contributed by atoms with Gasteiger partial charge >= 0.3 is 0 Å². The molecule has 1 N–H and O–H groups in total. The maximum absolute atomic E-state index is 13.0. The van der Waals surface area contributed by atoms with Crippen molar-refractivity contribution < 1.29 is 14.3 Å². The van der Waals surface area contributed by atoms with E-state index in [1.807, 2.05) is 53.4 Å². The molecule has 0 radical (unpaired) electrons. The van der Waals surface area contributed by atoms with E-state index in [2.05, 4.69) is 15.5 Å². The number of rotatable bonds is 8. The Kier molecular flexibility index (Phi) is 6.93. The Hall–Kier alpha value is -2.78. The summed E-state index contributed by atoms with van der Waals surface area (Å²) in [6.07, 6.45) is 1.87. The third-order valence-electron chi connectivity index (χ3n) is 5.12. The monoisotopic (exact) mass is 456 g/mol. The number of thioether (sulfide) groups is 1. The zero-order chi connectivity index (χ0) is 21.6. The Balaban J connectivity index is 1.40. The molecule has 31 heavy (non-hydrogen) atoms. The van der Waals surface area contributed by atoms with Gasteiger partial charge in [0.05, 0.1) is 26.0 Å². The van der Waals surface area contributed by atoms with Crippen LogP contribution < -0.4 is 14.8 Å². The van der Waals surface area contributed by atoms with E-state index in [1.54, 1.807) is 14.2 Å². The van der Waals surface area contributed by atoms with E-state index in [1.165, 1.54) is 23.1 Å². The molecule has 0 saturated carbocycles. The first-order valence-electron chi connectivity index (χ1n) is 9.97. The van der Waals surface area contributed by atoms with Crippen molar-refractivity contribution in [2.45, 2.75) is 23.2 Å². The van der Waals surface area contributed by atoms with Crippen LogP contribution in [0.1, 0.15) is 24.4 Å². The summed E-state index contributed by atoms with van der Waals surface area (Å²) in [4.78, 5) is 15.0. The Morgan fingerprint density at radius 3 is 2.81 bits per heavy atom. The first-order chi connectivity index (χ1) is 15.2. The van der Waals surface area contributed by atoms with E-state index in [4.69, 9.17) is 9.47 Å². The van der Waals surface area contributed by atoms with Crippen molar-refractivity contribution in [2.75, 3.05) is 31.8 Å². The summed E-state index contributed by atoms with van der Waals surface area (Å²) in [5.41, 5.74) is 1.95. The molecule has 1 aliphatic rings. The molecule has 2 heterocycles. The van der Waals surface area contributed by atoms with Crippen LogP contribution >= 0.6 is 23.1 Å². The van der Waals surface area contributed by atoms with E-state index >= 15 is 0 Å². The van der Waals surface area contributed by atoms with Crippen LogP contribution in [0.25, 0.3) is 0 Å². The molecule has 4 rings (SSSR count). The highest BCUT2D eigenvalue weighted by molar-refractivity contribution is 8.01. The molecule has 7 nitrogen and oxygen atoms in total. The highest BCUT2D eigenvalue weighted by Gasteiger charge is 2.32. The molecule has 0 bridgehead atoms. The lowest BCUT2D eigenvalue weighted by molar-refractivity contribution is -0.129. The highest BCUT2D eigenvalue weighted by atomic mass is 32.2. The summed E-state index contributed by atoms with van der Waals surface area (Å²) in [6, 6.07) is 15.5. The average Bonchev–Trinajstić information content (AvgIpc) is 3.47. The van der Waals surface area contributed by atoms with Gasteiger partial charge in [0.15, 0.2) is 4.34 Å². The summed E-state index contributed by atoms with van der Waals surface area (Å²) in [7, 11) is 3.29. The number of nitrogens with zero attached hydrogens (tertiary/aromatic N) is 3. The topological polar surface area (TPSA) is 76.6 Å². The normalized spacial score (nSPS) is 15.7. The third-order valence-corrected chi connectivity index (χ3v) is 7.08. The molecule has 2 aromatic carbocycles. The molecule has 1 fully saturated rings. The lowest BCUT2D eigenvalue weighted by Gasteiger charge is -2.26. The van der Waals surface area contributed by atoms with Gasteiger partial charge in [0.1, 0.15) is 11.5 Å². The Bertz CT molecular complexity index is 1030. The number of carbonyl (C=O) groups excluding carboxylic acids is 1. The number of hydrogen-bond acceptors (Lipinski definition) is 8. The minimum Gasteiger partial charge on any atom is -0.497 e. The number of para-hydroxylation sites is 1. The zero-order valence-electron chi connectivity index (χ0n) is 17.4. The van der Waals surface area contributed by atoms with Crippen molar-refractivity contribution in [3.05, 3.63) is 54.1 Å². The predicted molar refractivity (Wildman–Crippen MR) is 124 cm³/mol. The van der Waals surface area contributed by atoms with Crippen LogP contribution in [0, 0.1) is 0 Å². The number of methoxy groups -OCH3 is 2. The quantitative estimate of drug-likeness (QED) is 0.490. The number of carbonyl (C=O) groups is 1. The molecule has 162 valence electrons. The second kappa shape index (κ2) is 10.0. The van der Waals surface area contributed by atoms with Crippen molar-refractivity contribution >= 4 is 39.8 Å². The number of anilines is 2. The second-order valence-electron chi connectivity index (χ2n) is 7.01. The summed E-state index contributed by atoms with van der Waals surface area (Å²) in [5.74, 6) is 1.95. The van der Waals surface area contributed by atoms with Gasteiger partial charge in [-0.2, -0.15) is 0 Å². The van der Waals surface area contributed by atoms with E-state index < -0.39 is 0 Å². The van der Waals surface area contributed by atoms with Gasteiger partial charge < -0.3 is 19.7 Å². The largest absolute Gasteiger partial charge is 0.497 e. The molecule has 3 aromatic rings. The molecular weight excluding hydrogens is 432 g/mol. The maximum Gasteiger partial charge on any atom is 0.233 e. The smallest absolute Gasteiger partial charge is 0.233 e. The minimum atomic E-state index is -0.0112. The van der Waals surface area contributed by atoms with Crippen molar-refractivity contribution in [1.29, 1.82) is 0 Å². The minimum absolute atomic E-state index is 0.0112. The average molecular weight is 457 g/mol. The van der Waals surface area contributed by atoms with Gasteiger partial charge in [0, 0.05) is 17.8 Å². The lowest BCUT2D eigenvalue weighted by Crippen LogP contribution is -2.32. The Morgan fingerprint density at radius 2 is 2.03 bits per heavy atom.